The predicted octanol–water partition coefficient (Wildman–Crippen LogP) is 1.18. The third-order valence-corrected chi connectivity index (χ3v) is 1.78. The monoisotopic (exact) mass is 211 g/mol. The van der Waals surface area contributed by atoms with E-state index in [2.05, 4.69) is 17.9 Å². The summed E-state index contributed by atoms with van der Waals surface area (Å²) < 4.78 is 0. The number of anilines is 1. The zero-order valence-electron chi connectivity index (χ0n) is 7.15. The first kappa shape index (κ1) is 10.4. The average Bonchev–Trinajstić information content (AvgIpc) is 2.07. The van der Waals surface area contributed by atoms with Crippen molar-refractivity contribution in [2.75, 3.05) is 5.32 Å². The van der Waals surface area contributed by atoms with Gasteiger partial charge in [0, 0.05) is 4.90 Å². The molecule has 0 aliphatic carbocycles. The highest BCUT2D eigenvalue weighted by Crippen LogP contribution is 2.17. The minimum atomic E-state index is -0.904. The zero-order chi connectivity index (χ0) is 10.6. The molecule has 0 bridgehead atoms. The van der Waals surface area contributed by atoms with Crippen LogP contribution in [-0.2, 0) is 0 Å². The number of imide groups is 1. The van der Waals surface area contributed by atoms with E-state index in [1.54, 1.807) is 24.3 Å². The molecule has 4 N–H and O–H groups in total. The highest BCUT2D eigenvalue weighted by atomic mass is 32.1. The van der Waals surface area contributed by atoms with Gasteiger partial charge in [-0.05, 0) is 12.1 Å². The van der Waals surface area contributed by atoms with Gasteiger partial charge in [-0.2, -0.15) is 0 Å². The van der Waals surface area contributed by atoms with Gasteiger partial charge in [-0.25, -0.2) is 9.59 Å². The first-order valence-electron chi connectivity index (χ1n) is 3.75. The lowest BCUT2D eigenvalue weighted by Crippen LogP contribution is -2.38. The topological polar surface area (TPSA) is 84.2 Å². The third-order valence-electron chi connectivity index (χ3n) is 1.39. The van der Waals surface area contributed by atoms with Crippen LogP contribution in [0.4, 0.5) is 15.3 Å². The van der Waals surface area contributed by atoms with Crippen LogP contribution in [0.15, 0.2) is 29.2 Å². The van der Waals surface area contributed by atoms with Crippen LogP contribution < -0.4 is 16.4 Å². The Morgan fingerprint density at radius 3 is 2.50 bits per heavy atom. The number of para-hydroxylation sites is 1. The second-order valence-electron chi connectivity index (χ2n) is 2.46. The van der Waals surface area contributed by atoms with Crippen molar-refractivity contribution >= 4 is 30.4 Å². The number of nitrogens with one attached hydrogen (secondary N) is 2. The van der Waals surface area contributed by atoms with Crippen molar-refractivity contribution in [2.45, 2.75) is 4.90 Å². The van der Waals surface area contributed by atoms with Crippen LogP contribution in [0.3, 0.4) is 0 Å². The zero-order valence-corrected chi connectivity index (χ0v) is 8.04. The van der Waals surface area contributed by atoms with Crippen molar-refractivity contribution in [2.24, 2.45) is 5.73 Å². The van der Waals surface area contributed by atoms with Crippen molar-refractivity contribution in [3.05, 3.63) is 24.3 Å². The van der Waals surface area contributed by atoms with Crippen LogP contribution in [0.2, 0.25) is 0 Å². The number of carbonyl (C=O) groups is 2. The molecule has 0 atom stereocenters. The van der Waals surface area contributed by atoms with Crippen molar-refractivity contribution < 1.29 is 9.59 Å². The third kappa shape index (κ3) is 2.98. The number of thiol groups is 1. The van der Waals surface area contributed by atoms with Crippen LogP contribution in [0.25, 0.3) is 0 Å². The van der Waals surface area contributed by atoms with Crippen LogP contribution in [-0.4, -0.2) is 12.1 Å². The van der Waals surface area contributed by atoms with Crippen LogP contribution in [0, 0.1) is 0 Å². The lowest BCUT2D eigenvalue weighted by Gasteiger charge is -2.06. The first-order chi connectivity index (χ1) is 6.59. The summed E-state index contributed by atoms with van der Waals surface area (Å²) >= 11 is 4.10. The number of benzene rings is 1. The summed E-state index contributed by atoms with van der Waals surface area (Å²) in [5.41, 5.74) is 5.26. The number of urea groups is 2. The van der Waals surface area contributed by atoms with E-state index >= 15 is 0 Å². The molecule has 0 fully saturated rings. The molecule has 0 saturated heterocycles. The average molecular weight is 211 g/mol. The Morgan fingerprint density at radius 1 is 1.29 bits per heavy atom. The SMILES string of the molecule is NC(=O)NC(=O)Nc1ccccc1S. The second-order valence-corrected chi connectivity index (χ2v) is 2.94. The van der Waals surface area contributed by atoms with E-state index in [4.69, 9.17) is 5.73 Å². The summed E-state index contributed by atoms with van der Waals surface area (Å²) in [7, 11) is 0. The molecule has 1 aromatic carbocycles. The van der Waals surface area contributed by atoms with Gasteiger partial charge < -0.3 is 11.1 Å². The van der Waals surface area contributed by atoms with E-state index in [-0.39, 0.29) is 0 Å². The molecule has 1 aromatic rings. The Balaban J connectivity index is 2.65. The number of rotatable bonds is 1. The van der Waals surface area contributed by atoms with Gasteiger partial charge in [0.25, 0.3) is 0 Å². The second kappa shape index (κ2) is 4.52. The van der Waals surface area contributed by atoms with Gasteiger partial charge in [0.1, 0.15) is 0 Å². The molecule has 0 aromatic heterocycles. The highest BCUT2D eigenvalue weighted by molar-refractivity contribution is 7.80. The molecular formula is C8H9N3O2S. The van der Waals surface area contributed by atoms with Gasteiger partial charge in [-0.1, -0.05) is 12.1 Å². The van der Waals surface area contributed by atoms with E-state index < -0.39 is 12.1 Å². The maximum Gasteiger partial charge on any atom is 0.327 e. The van der Waals surface area contributed by atoms with Gasteiger partial charge in [-0.15, -0.1) is 12.6 Å². The number of hydrogen-bond acceptors (Lipinski definition) is 3. The molecule has 0 radical (unpaired) electrons. The summed E-state index contributed by atoms with van der Waals surface area (Å²) in [6.45, 7) is 0. The minimum Gasteiger partial charge on any atom is -0.351 e. The highest BCUT2D eigenvalue weighted by Gasteiger charge is 2.05. The summed E-state index contributed by atoms with van der Waals surface area (Å²) in [5.74, 6) is 0. The van der Waals surface area contributed by atoms with Gasteiger partial charge in [0.15, 0.2) is 0 Å². The Morgan fingerprint density at radius 2 is 1.93 bits per heavy atom. The minimum absolute atomic E-state index is 0.509. The van der Waals surface area contributed by atoms with Crippen molar-refractivity contribution in [3.63, 3.8) is 0 Å². The van der Waals surface area contributed by atoms with Crippen LogP contribution >= 0.6 is 12.6 Å². The van der Waals surface area contributed by atoms with Crippen LogP contribution in [0.5, 0.6) is 0 Å². The number of nitrogens with two attached hydrogens (primary N) is 1. The van der Waals surface area contributed by atoms with Gasteiger partial charge >= 0.3 is 12.1 Å². The standard InChI is InChI=1S/C8H9N3O2S/c9-7(12)11-8(13)10-5-3-1-2-4-6(5)14/h1-4,14H,(H4,9,10,11,12,13). The fourth-order valence-corrected chi connectivity index (χ4v) is 1.06. The number of primary amides is 1. The van der Waals surface area contributed by atoms with Gasteiger partial charge in [0.2, 0.25) is 0 Å². The first-order valence-corrected chi connectivity index (χ1v) is 4.20. The summed E-state index contributed by atoms with van der Waals surface area (Å²) in [6.07, 6.45) is 0. The van der Waals surface area contributed by atoms with E-state index in [1.807, 2.05) is 5.32 Å². The Kier molecular flexibility index (Phi) is 3.35. The fourth-order valence-electron chi connectivity index (χ4n) is 0.845. The predicted molar refractivity (Wildman–Crippen MR) is 55.4 cm³/mol. The fraction of sp³-hybridized carbons (Fsp3) is 0. The van der Waals surface area contributed by atoms with Gasteiger partial charge in [-0.3, -0.25) is 5.32 Å². The normalized spacial score (nSPS) is 9.21. The van der Waals surface area contributed by atoms with E-state index in [1.165, 1.54) is 0 Å². The Bertz CT molecular complexity index is 367. The molecule has 0 aliphatic rings. The van der Waals surface area contributed by atoms with E-state index in [0.29, 0.717) is 10.6 Å². The number of amides is 4. The molecule has 4 amide bonds. The van der Waals surface area contributed by atoms with Crippen molar-refractivity contribution in [3.8, 4) is 0 Å². The molecular weight excluding hydrogens is 202 g/mol. The molecule has 1 rings (SSSR count). The molecule has 74 valence electrons. The molecule has 0 unspecified atom stereocenters. The van der Waals surface area contributed by atoms with Crippen molar-refractivity contribution in [1.82, 2.24) is 5.32 Å². The molecule has 5 nitrogen and oxygen atoms in total. The lowest BCUT2D eigenvalue weighted by molar-refractivity contribution is 0.238. The summed E-state index contributed by atoms with van der Waals surface area (Å²) in [5, 5.41) is 4.29. The summed E-state index contributed by atoms with van der Waals surface area (Å²) in [6, 6.07) is 5.29. The lowest BCUT2D eigenvalue weighted by atomic mass is 10.3. The molecule has 0 heterocycles. The van der Waals surface area contributed by atoms with Gasteiger partial charge in [0.05, 0.1) is 5.69 Å². The maximum absolute atomic E-state index is 11.0. The molecule has 0 spiro atoms. The van der Waals surface area contributed by atoms with E-state index in [9.17, 15) is 9.59 Å². The largest absolute Gasteiger partial charge is 0.351 e. The molecule has 14 heavy (non-hydrogen) atoms. The molecule has 0 saturated carbocycles. The maximum atomic E-state index is 11.0. The van der Waals surface area contributed by atoms with Crippen LogP contribution in [0.1, 0.15) is 0 Å². The smallest absolute Gasteiger partial charge is 0.327 e. The Hall–Kier alpha value is -1.69. The molecule has 6 heteroatoms. The molecule has 0 aliphatic heterocycles. The summed E-state index contributed by atoms with van der Waals surface area (Å²) in [4.78, 5) is 21.9. The number of hydrogen-bond donors (Lipinski definition) is 4. The quantitative estimate of drug-likeness (QED) is 0.526. The van der Waals surface area contributed by atoms with E-state index in [0.717, 1.165) is 0 Å². The van der Waals surface area contributed by atoms with Crippen molar-refractivity contribution in [1.29, 1.82) is 0 Å². The number of carbonyl (C=O) groups excluding carboxylic acids is 2. The Labute approximate surface area is 86.1 Å².